The number of hydrogen-bond donors (Lipinski definition) is 3. The Morgan fingerprint density at radius 3 is 3.00 bits per heavy atom. The number of carbonyl (C=O) groups excluding carboxylic acids is 1. The van der Waals surface area contributed by atoms with Crippen LogP contribution in [0, 0.1) is 0 Å². The molecule has 1 amide bonds. The summed E-state index contributed by atoms with van der Waals surface area (Å²) in [5.41, 5.74) is 1.12. The first-order valence-corrected chi connectivity index (χ1v) is 6.61. The summed E-state index contributed by atoms with van der Waals surface area (Å²) in [6.45, 7) is 3.06. The fourth-order valence-electron chi connectivity index (χ4n) is 2.12. The number of fused-ring (bicyclic) bond motifs is 1. The molecule has 0 saturated heterocycles. The largest absolute Gasteiger partial charge is 0.395 e. The van der Waals surface area contributed by atoms with Gasteiger partial charge in [-0.25, -0.2) is 9.97 Å². The lowest BCUT2D eigenvalue weighted by Gasteiger charge is -2.18. The monoisotopic (exact) mass is 277 g/mol. The van der Waals surface area contributed by atoms with Gasteiger partial charge in [-0.1, -0.05) is 6.92 Å². The fourth-order valence-corrected chi connectivity index (χ4v) is 2.12. The number of carbonyl (C=O) groups is 1. The zero-order valence-corrected chi connectivity index (χ0v) is 11.7. The smallest absolute Gasteiger partial charge is 0.253 e. The SMILES string of the molecule is CCCN(C)c1ncnc2[nH]cc(C(=O)NCCO)c12. The lowest BCUT2D eigenvalue weighted by atomic mass is 10.2. The van der Waals surface area contributed by atoms with Gasteiger partial charge in [-0.15, -0.1) is 0 Å². The predicted octanol–water partition coefficient (Wildman–Crippen LogP) is 0.526. The highest BCUT2D eigenvalue weighted by Gasteiger charge is 2.18. The first-order valence-electron chi connectivity index (χ1n) is 6.61. The summed E-state index contributed by atoms with van der Waals surface area (Å²) in [6.07, 6.45) is 4.09. The second-order valence-electron chi connectivity index (χ2n) is 4.52. The highest BCUT2D eigenvalue weighted by Crippen LogP contribution is 2.25. The van der Waals surface area contributed by atoms with Crippen LogP contribution < -0.4 is 10.2 Å². The average Bonchev–Trinajstić information content (AvgIpc) is 2.88. The van der Waals surface area contributed by atoms with Crippen molar-refractivity contribution in [3.63, 3.8) is 0 Å². The standard InChI is InChI=1S/C13H19N5O2/c1-3-5-18(2)12-10-9(13(20)14-4-6-19)7-15-11(10)16-8-17-12/h7-8,19H,3-6H2,1-2H3,(H,14,20)(H,15,16,17). The van der Waals surface area contributed by atoms with E-state index < -0.39 is 0 Å². The first-order chi connectivity index (χ1) is 9.69. The molecule has 2 aromatic heterocycles. The fraction of sp³-hybridized carbons (Fsp3) is 0.462. The third-order valence-corrected chi connectivity index (χ3v) is 3.01. The molecule has 0 aliphatic heterocycles. The van der Waals surface area contributed by atoms with E-state index in [1.54, 1.807) is 6.20 Å². The molecule has 20 heavy (non-hydrogen) atoms. The van der Waals surface area contributed by atoms with Gasteiger partial charge < -0.3 is 20.3 Å². The molecule has 0 aliphatic carbocycles. The molecule has 3 N–H and O–H groups in total. The Bertz CT molecular complexity index is 595. The molecule has 2 aromatic rings. The van der Waals surface area contributed by atoms with Gasteiger partial charge in [-0.2, -0.15) is 0 Å². The summed E-state index contributed by atoms with van der Waals surface area (Å²) >= 11 is 0. The molecule has 0 aromatic carbocycles. The van der Waals surface area contributed by atoms with Crippen LogP contribution in [-0.4, -0.2) is 52.7 Å². The van der Waals surface area contributed by atoms with Gasteiger partial charge in [-0.05, 0) is 6.42 Å². The summed E-state index contributed by atoms with van der Waals surface area (Å²) in [7, 11) is 1.94. The minimum absolute atomic E-state index is 0.0901. The molecule has 7 nitrogen and oxygen atoms in total. The Labute approximate surface area is 117 Å². The third kappa shape index (κ3) is 2.72. The number of amides is 1. The number of nitrogens with zero attached hydrogens (tertiary/aromatic N) is 3. The van der Waals surface area contributed by atoms with Crippen molar-refractivity contribution >= 4 is 22.8 Å². The van der Waals surface area contributed by atoms with E-state index >= 15 is 0 Å². The van der Waals surface area contributed by atoms with E-state index in [-0.39, 0.29) is 19.1 Å². The van der Waals surface area contributed by atoms with E-state index in [9.17, 15) is 4.79 Å². The van der Waals surface area contributed by atoms with E-state index in [1.807, 2.05) is 11.9 Å². The molecule has 2 heterocycles. The molecular formula is C13H19N5O2. The summed E-state index contributed by atoms with van der Waals surface area (Å²) in [6, 6.07) is 0. The third-order valence-electron chi connectivity index (χ3n) is 3.01. The van der Waals surface area contributed by atoms with Gasteiger partial charge in [0.25, 0.3) is 5.91 Å². The van der Waals surface area contributed by atoms with Crippen LogP contribution >= 0.6 is 0 Å². The molecule has 108 valence electrons. The van der Waals surface area contributed by atoms with Gasteiger partial charge in [0.1, 0.15) is 17.8 Å². The number of nitrogens with one attached hydrogen (secondary N) is 2. The Morgan fingerprint density at radius 1 is 1.50 bits per heavy atom. The normalized spacial score (nSPS) is 10.8. The number of H-pyrrole nitrogens is 1. The van der Waals surface area contributed by atoms with Gasteiger partial charge >= 0.3 is 0 Å². The molecule has 0 saturated carbocycles. The summed E-state index contributed by atoms with van der Waals surface area (Å²) in [5, 5.41) is 12.1. The van der Waals surface area contributed by atoms with E-state index in [2.05, 4.69) is 27.2 Å². The maximum Gasteiger partial charge on any atom is 0.253 e. The number of aliphatic hydroxyl groups excluding tert-OH is 1. The van der Waals surface area contributed by atoms with Crippen molar-refractivity contribution in [1.82, 2.24) is 20.3 Å². The highest BCUT2D eigenvalue weighted by atomic mass is 16.3. The molecule has 0 atom stereocenters. The molecule has 0 aliphatic rings. The van der Waals surface area contributed by atoms with Crippen molar-refractivity contribution in [3.8, 4) is 0 Å². The Balaban J connectivity index is 2.43. The zero-order chi connectivity index (χ0) is 14.5. The van der Waals surface area contributed by atoms with E-state index in [1.165, 1.54) is 6.33 Å². The lowest BCUT2D eigenvalue weighted by molar-refractivity contribution is 0.0946. The average molecular weight is 277 g/mol. The van der Waals surface area contributed by atoms with Crippen molar-refractivity contribution < 1.29 is 9.90 Å². The lowest BCUT2D eigenvalue weighted by Crippen LogP contribution is -2.26. The maximum absolute atomic E-state index is 12.1. The van der Waals surface area contributed by atoms with E-state index in [0.717, 1.165) is 18.8 Å². The van der Waals surface area contributed by atoms with Crippen molar-refractivity contribution in [2.75, 3.05) is 31.6 Å². The maximum atomic E-state index is 12.1. The molecule has 0 spiro atoms. The van der Waals surface area contributed by atoms with Crippen LogP contribution in [0.1, 0.15) is 23.7 Å². The topological polar surface area (TPSA) is 94.1 Å². The summed E-state index contributed by atoms with van der Waals surface area (Å²) in [5.74, 6) is 0.485. The van der Waals surface area contributed by atoms with Crippen LogP contribution in [0.25, 0.3) is 11.0 Å². The van der Waals surface area contributed by atoms with Gasteiger partial charge in [0.2, 0.25) is 0 Å². The van der Waals surface area contributed by atoms with Crippen molar-refractivity contribution in [3.05, 3.63) is 18.1 Å². The van der Waals surface area contributed by atoms with Crippen molar-refractivity contribution in [2.24, 2.45) is 0 Å². The molecule has 0 unspecified atom stereocenters. The Hall–Kier alpha value is -2.15. The zero-order valence-electron chi connectivity index (χ0n) is 11.7. The van der Waals surface area contributed by atoms with E-state index in [4.69, 9.17) is 5.11 Å². The number of hydrogen-bond acceptors (Lipinski definition) is 5. The second-order valence-corrected chi connectivity index (χ2v) is 4.52. The molecule has 0 radical (unpaired) electrons. The van der Waals surface area contributed by atoms with Crippen molar-refractivity contribution in [1.29, 1.82) is 0 Å². The van der Waals surface area contributed by atoms with E-state index in [0.29, 0.717) is 16.6 Å². The van der Waals surface area contributed by atoms with Gasteiger partial charge in [-0.3, -0.25) is 4.79 Å². The number of rotatable bonds is 6. The van der Waals surface area contributed by atoms with Crippen LogP contribution in [-0.2, 0) is 0 Å². The molecule has 0 fully saturated rings. The molecular weight excluding hydrogens is 258 g/mol. The van der Waals surface area contributed by atoms with Crippen LogP contribution in [0.4, 0.5) is 5.82 Å². The second kappa shape index (κ2) is 6.33. The minimum atomic E-state index is -0.244. The van der Waals surface area contributed by atoms with Crippen molar-refractivity contribution in [2.45, 2.75) is 13.3 Å². The quantitative estimate of drug-likeness (QED) is 0.716. The Kier molecular flexibility index (Phi) is 4.52. The first kappa shape index (κ1) is 14.3. The van der Waals surface area contributed by atoms with Gasteiger partial charge in [0, 0.05) is 26.3 Å². The summed E-state index contributed by atoms with van der Waals surface area (Å²) < 4.78 is 0. The van der Waals surface area contributed by atoms with Crippen LogP contribution in [0.15, 0.2) is 12.5 Å². The number of aliphatic hydroxyl groups is 1. The molecule has 7 heteroatoms. The minimum Gasteiger partial charge on any atom is -0.395 e. The van der Waals surface area contributed by atoms with Gasteiger partial charge in [0.15, 0.2) is 0 Å². The van der Waals surface area contributed by atoms with Gasteiger partial charge in [0.05, 0.1) is 17.6 Å². The predicted molar refractivity (Wildman–Crippen MR) is 76.9 cm³/mol. The summed E-state index contributed by atoms with van der Waals surface area (Å²) in [4.78, 5) is 25.5. The highest BCUT2D eigenvalue weighted by molar-refractivity contribution is 6.09. The number of aromatic amines is 1. The number of anilines is 1. The van der Waals surface area contributed by atoms with Crippen LogP contribution in [0.5, 0.6) is 0 Å². The van der Waals surface area contributed by atoms with Crippen LogP contribution in [0.3, 0.4) is 0 Å². The molecule has 2 rings (SSSR count). The Morgan fingerprint density at radius 2 is 2.30 bits per heavy atom. The van der Waals surface area contributed by atoms with Crippen LogP contribution in [0.2, 0.25) is 0 Å². The molecule has 0 bridgehead atoms. The number of aromatic nitrogens is 3.